The van der Waals surface area contributed by atoms with Crippen molar-refractivity contribution in [3.8, 4) is 0 Å². The van der Waals surface area contributed by atoms with E-state index in [-0.39, 0.29) is 10.3 Å². The molecule has 0 amide bonds. The highest BCUT2D eigenvalue weighted by Gasteiger charge is 2.28. The number of benzene rings is 1. The summed E-state index contributed by atoms with van der Waals surface area (Å²) in [6.45, 7) is 0.792. The lowest BCUT2D eigenvalue weighted by Crippen LogP contribution is -2.38. The second-order valence-corrected chi connectivity index (χ2v) is 6.59. The normalized spacial score (nSPS) is 19.4. The van der Waals surface area contributed by atoms with E-state index in [0.717, 1.165) is 6.07 Å². The molecular weight excluding hydrogens is 265 g/mol. The third kappa shape index (κ3) is 2.78. The number of rotatable bonds is 2. The lowest BCUT2D eigenvalue weighted by molar-refractivity contribution is 0.350. The molecule has 1 aromatic rings. The summed E-state index contributed by atoms with van der Waals surface area (Å²) < 4.78 is 38.7. The van der Waals surface area contributed by atoms with E-state index in [2.05, 4.69) is 0 Å². The number of sulfonamides is 1. The molecule has 1 aliphatic rings. The van der Waals surface area contributed by atoms with Gasteiger partial charge in [0.2, 0.25) is 10.0 Å². The molecule has 0 bridgehead atoms. The Kier molecular flexibility index (Phi) is 3.70. The van der Waals surface area contributed by atoms with Crippen molar-refractivity contribution >= 4 is 21.6 Å². The molecule has 1 aliphatic heterocycles. The van der Waals surface area contributed by atoms with E-state index in [0.29, 0.717) is 25.9 Å². The van der Waals surface area contributed by atoms with Crippen LogP contribution in [0.25, 0.3) is 0 Å². The number of halogens is 2. The predicted octanol–water partition coefficient (Wildman–Crippen LogP) is 2.22. The summed E-state index contributed by atoms with van der Waals surface area (Å²) in [5, 5.41) is 0.0361. The molecule has 0 radical (unpaired) electrons. The second kappa shape index (κ2) is 4.92. The van der Waals surface area contributed by atoms with Gasteiger partial charge in [0.25, 0.3) is 0 Å². The Hall–Kier alpha value is -0.650. The predicted molar refractivity (Wildman–Crippen MR) is 64.0 cm³/mol. The van der Waals surface area contributed by atoms with E-state index in [1.807, 2.05) is 0 Å². The van der Waals surface area contributed by atoms with E-state index in [9.17, 15) is 12.8 Å². The van der Waals surface area contributed by atoms with Crippen molar-refractivity contribution < 1.29 is 12.8 Å². The van der Waals surface area contributed by atoms with Crippen LogP contribution < -0.4 is 0 Å². The number of alkyl halides is 1. The molecule has 0 aromatic heterocycles. The third-order valence-electron chi connectivity index (χ3n) is 2.82. The Bertz CT molecular complexity index is 498. The van der Waals surface area contributed by atoms with E-state index in [4.69, 9.17) is 11.6 Å². The zero-order chi connectivity index (χ0) is 12.5. The average molecular weight is 278 g/mol. The summed E-state index contributed by atoms with van der Waals surface area (Å²) >= 11 is 5.92. The minimum atomic E-state index is -3.57. The summed E-state index contributed by atoms with van der Waals surface area (Å²) in [5.41, 5.74) is 0. The maximum atomic E-state index is 13.0. The minimum Gasteiger partial charge on any atom is -0.207 e. The maximum absolute atomic E-state index is 13.0. The van der Waals surface area contributed by atoms with E-state index >= 15 is 0 Å². The van der Waals surface area contributed by atoms with Crippen LogP contribution in [0.15, 0.2) is 29.2 Å². The van der Waals surface area contributed by atoms with Crippen molar-refractivity contribution in [2.45, 2.75) is 23.1 Å². The zero-order valence-electron chi connectivity index (χ0n) is 9.14. The van der Waals surface area contributed by atoms with Crippen LogP contribution in [0, 0.1) is 5.82 Å². The number of piperidine rings is 1. The fraction of sp³-hybridized carbons (Fsp3) is 0.455. The summed E-state index contributed by atoms with van der Waals surface area (Å²) in [4.78, 5) is 0.00511. The Morgan fingerprint density at radius 2 is 1.94 bits per heavy atom. The molecule has 1 saturated heterocycles. The molecule has 0 unspecified atom stereocenters. The van der Waals surface area contributed by atoms with Crippen molar-refractivity contribution in [3.63, 3.8) is 0 Å². The van der Waals surface area contributed by atoms with Gasteiger partial charge in [-0.15, -0.1) is 11.6 Å². The molecule has 0 aliphatic carbocycles. The van der Waals surface area contributed by atoms with Crippen molar-refractivity contribution in [1.29, 1.82) is 0 Å². The van der Waals surface area contributed by atoms with Crippen LogP contribution in [0.5, 0.6) is 0 Å². The molecule has 0 spiro atoms. The molecule has 1 heterocycles. The van der Waals surface area contributed by atoms with Gasteiger partial charge in [-0.05, 0) is 31.0 Å². The molecule has 3 nitrogen and oxygen atoms in total. The SMILES string of the molecule is O=S(=O)(c1cccc(F)c1)N1CCC(Cl)CC1. The van der Waals surface area contributed by atoms with Gasteiger partial charge in [-0.1, -0.05) is 6.07 Å². The van der Waals surface area contributed by atoms with Gasteiger partial charge in [-0.3, -0.25) is 0 Å². The van der Waals surface area contributed by atoms with Gasteiger partial charge in [-0.25, -0.2) is 12.8 Å². The number of hydrogen-bond donors (Lipinski definition) is 0. The van der Waals surface area contributed by atoms with Gasteiger partial charge in [0.05, 0.1) is 4.90 Å². The van der Waals surface area contributed by atoms with Crippen LogP contribution in [-0.2, 0) is 10.0 Å². The average Bonchev–Trinajstić information content (AvgIpc) is 2.29. The minimum absolute atomic E-state index is 0.00511. The summed E-state index contributed by atoms with van der Waals surface area (Å²) in [5.74, 6) is -0.543. The van der Waals surface area contributed by atoms with Crippen molar-refractivity contribution in [2.24, 2.45) is 0 Å². The second-order valence-electron chi connectivity index (χ2n) is 4.04. The molecule has 0 saturated carbocycles. The fourth-order valence-electron chi connectivity index (χ4n) is 1.84. The Morgan fingerprint density at radius 3 is 2.53 bits per heavy atom. The molecule has 17 heavy (non-hydrogen) atoms. The molecule has 94 valence electrons. The van der Waals surface area contributed by atoms with Gasteiger partial charge in [0.1, 0.15) is 5.82 Å². The molecular formula is C11H13ClFNO2S. The zero-order valence-corrected chi connectivity index (χ0v) is 10.7. The lowest BCUT2D eigenvalue weighted by atomic mass is 10.2. The van der Waals surface area contributed by atoms with Crippen LogP contribution in [0.2, 0.25) is 0 Å². The maximum Gasteiger partial charge on any atom is 0.243 e. The first-order valence-electron chi connectivity index (χ1n) is 5.40. The van der Waals surface area contributed by atoms with E-state index in [1.165, 1.54) is 22.5 Å². The highest BCUT2D eigenvalue weighted by Crippen LogP contribution is 2.23. The fourth-order valence-corrected chi connectivity index (χ4v) is 3.54. The topological polar surface area (TPSA) is 37.4 Å². The van der Waals surface area contributed by atoms with Crippen LogP contribution in [0.3, 0.4) is 0 Å². The largest absolute Gasteiger partial charge is 0.243 e. The number of nitrogens with zero attached hydrogens (tertiary/aromatic N) is 1. The molecule has 2 rings (SSSR count). The monoisotopic (exact) mass is 277 g/mol. The molecule has 0 N–H and O–H groups in total. The summed E-state index contributed by atoms with van der Waals surface area (Å²) in [7, 11) is -3.57. The molecule has 0 atom stereocenters. The van der Waals surface area contributed by atoms with Crippen LogP contribution in [0.4, 0.5) is 4.39 Å². The van der Waals surface area contributed by atoms with Crippen molar-refractivity contribution in [2.75, 3.05) is 13.1 Å². The standard InChI is InChI=1S/C11H13ClFNO2S/c12-9-4-6-14(7-5-9)17(15,16)11-3-1-2-10(13)8-11/h1-3,8-9H,4-7H2. The highest BCUT2D eigenvalue weighted by atomic mass is 35.5. The smallest absolute Gasteiger partial charge is 0.207 e. The third-order valence-corrected chi connectivity index (χ3v) is 5.15. The molecule has 1 fully saturated rings. The first-order chi connectivity index (χ1) is 8.00. The van der Waals surface area contributed by atoms with Gasteiger partial charge in [0.15, 0.2) is 0 Å². The van der Waals surface area contributed by atoms with E-state index < -0.39 is 15.8 Å². The lowest BCUT2D eigenvalue weighted by Gasteiger charge is -2.28. The summed E-state index contributed by atoms with van der Waals surface area (Å²) in [6, 6.07) is 5.08. The van der Waals surface area contributed by atoms with Crippen LogP contribution >= 0.6 is 11.6 Å². The first-order valence-corrected chi connectivity index (χ1v) is 7.27. The quantitative estimate of drug-likeness (QED) is 0.778. The Morgan fingerprint density at radius 1 is 1.29 bits per heavy atom. The van der Waals surface area contributed by atoms with Gasteiger partial charge >= 0.3 is 0 Å². The highest BCUT2D eigenvalue weighted by molar-refractivity contribution is 7.89. The van der Waals surface area contributed by atoms with Gasteiger partial charge < -0.3 is 0 Å². The van der Waals surface area contributed by atoms with Crippen molar-refractivity contribution in [3.05, 3.63) is 30.1 Å². The Labute approximate surface area is 105 Å². The van der Waals surface area contributed by atoms with Gasteiger partial charge in [-0.2, -0.15) is 4.31 Å². The summed E-state index contributed by atoms with van der Waals surface area (Å²) in [6.07, 6.45) is 1.27. The Balaban J connectivity index is 2.25. The van der Waals surface area contributed by atoms with E-state index in [1.54, 1.807) is 0 Å². The first kappa shape index (κ1) is 12.8. The number of hydrogen-bond acceptors (Lipinski definition) is 2. The molecule has 6 heteroatoms. The molecule has 1 aromatic carbocycles. The van der Waals surface area contributed by atoms with Crippen LogP contribution in [0.1, 0.15) is 12.8 Å². The van der Waals surface area contributed by atoms with Crippen LogP contribution in [-0.4, -0.2) is 31.2 Å². The van der Waals surface area contributed by atoms with Gasteiger partial charge in [0, 0.05) is 18.5 Å². The van der Waals surface area contributed by atoms with Crippen molar-refractivity contribution in [1.82, 2.24) is 4.31 Å².